The van der Waals surface area contributed by atoms with E-state index in [1.807, 2.05) is 0 Å². The van der Waals surface area contributed by atoms with E-state index in [4.69, 9.17) is 16.7 Å². The van der Waals surface area contributed by atoms with Crippen LogP contribution in [0.25, 0.3) is 0 Å². The largest absolute Gasteiger partial charge is 0.478 e. The molecule has 82 valence electrons. The number of alkyl halides is 1. The Morgan fingerprint density at radius 3 is 2.73 bits per heavy atom. The highest BCUT2D eigenvalue weighted by Crippen LogP contribution is 2.19. The van der Waals surface area contributed by atoms with Crippen LogP contribution in [0.2, 0.25) is 5.02 Å². The molecule has 6 heteroatoms. The standard InChI is InChI=1S/C9H8ClFO3S/c10-8-2-1-6(15(14)4-3-11)5-7(8)9(12)13/h1-2,5H,3-4H2,(H,12,13). The zero-order valence-corrected chi connectivity index (χ0v) is 9.15. The van der Waals surface area contributed by atoms with E-state index in [0.29, 0.717) is 0 Å². The summed E-state index contributed by atoms with van der Waals surface area (Å²) in [7, 11) is -1.52. The number of aromatic carboxylic acids is 1. The van der Waals surface area contributed by atoms with Crippen molar-refractivity contribution in [3.63, 3.8) is 0 Å². The van der Waals surface area contributed by atoms with Gasteiger partial charge in [-0.2, -0.15) is 0 Å². The van der Waals surface area contributed by atoms with Crippen molar-refractivity contribution in [1.82, 2.24) is 0 Å². The van der Waals surface area contributed by atoms with Gasteiger partial charge in [0.25, 0.3) is 0 Å². The number of carbonyl (C=O) groups is 1. The molecule has 1 unspecified atom stereocenters. The van der Waals surface area contributed by atoms with E-state index in [-0.39, 0.29) is 21.2 Å². The fraction of sp³-hybridized carbons (Fsp3) is 0.222. The smallest absolute Gasteiger partial charge is 0.337 e. The summed E-state index contributed by atoms with van der Waals surface area (Å²) >= 11 is 5.62. The Kier molecular flexibility index (Phi) is 4.23. The second-order valence-electron chi connectivity index (χ2n) is 2.69. The van der Waals surface area contributed by atoms with Crippen molar-refractivity contribution < 1.29 is 18.5 Å². The van der Waals surface area contributed by atoms with Crippen LogP contribution in [0.3, 0.4) is 0 Å². The van der Waals surface area contributed by atoms with Gasteiger partial charge in [0.05, 0.1) is 27.1 Å². The van der Waals surface area contributed by atoms with Crippen LogP contribution in [0.5, 0.6) is 0 Å². The normalized spacial score (nSPS) is 12.4. The predicted octanol–water partition coefficient (Wildman–Crippen LogP) is 2.12. The third-order valence-electron chi connectivity index (χ3n) is 1.69. The first kappa shape index (κ1) is 12.1. The third-order valence-corrected chi connectivity index (χ3v) is 3.33. The predicted molar refractivity (Wildman–Crippen MR) is 55.7 cm³/mol. The maximum Gasteiger partial charge on any atom is 0.337 e. The van der Waals surface area contributed by atoms with Gasteiger partial charge in [0.1, 0.15) is 6.67 Å². The van der Waals surface area contributed by atoms with Crippen molar-refractivity contribution >= 4 is 28.4 Å². The van der Waals surface area contributed by atoms with Gasteiger partial charge in [-0.25, -0.2) is 4.79 Å². The van der Waals surface area contributed by atoms with Gasteiger partial charge in [-0.1, -0.05) is 11.6 Å². The second kappa shape index (κ2) is 5.23. The zero-order valence-electron chi connectivity index (χ0n) is 7.57. The van der Waals surface area contributed by atoms with Crippen LogP contribution in [-0.2, 0) is 10.8 Å². The molecule has 0 bridgehead atoms. The first-order valence-electron chi connectivity index (χ1n) is 4.03. The number of benzene rings is 1. The fourth-order valence-electron chi connectivity index (χ4n) is 0.998. The number of rotatable bonds is 4. The van der Waals surface area contributed by atoms with Crippen molar-refractivity contribution in [2.24, 2.45) is 0 Å². The Morgan fingerprint density at radius 1 is 1.53 bits per heavy atom. The number of hydrogen-bond acceptors (Lipinski definition) is 2. The SMILES string of the molecule is O=C(O)c1cc(S(=O)CCF)ccc1Cl. The molecule has 0 aliphatic rings. The summed E-state index contributed by atoms with van der Waals surface area (Å²) in [5.41, 5.74) is -0.124. The molecule has 0 spiro atoms. The van der Waals surface area contributed by atoms with Crippen molar-refractivity contribution in [1.29, 1.82) is 0 Å². The van der Waals surface area contributed by atoms with Gasteiger partial charge in [0.15, 0.2) is 0 Å². The lowest BCUT2D eigenvalue weighted by Crippen LogP contribution is -2.03. The summed E-state index contributed by atoms with van der Waals surface area (Å²) in [6.07, 6.45) is 0. The Balaban J connectivity index is 3.07. The van der Waals surface area contributed by atoms with Crippen LogP contribution in [0.15, 0.2) is 23.1 Å². The number of hydrogen-bond donors (Lipinski definition) is 1. The molecule has 1 aromatic rings. The molecule has 1 aromatic carbocycles. The topological polar surface area (TPSA) is 54.4 Å². The number of carboxylic acids is 1. The first-order chi connectivity index (χ1) is 7.06. The van der Waals surface area contributed by atoms with Crippen LogP contribution in [-0.4, -0.2) is 27.7 Å². The minimum Gasteiger partial charge on any atom is -0.478 e. The Hall–Kier alpha value is -0.940. The molecule has 0 radical (unpaired) electrons. The van der Waals surface area contributed by atoms with Crippen molar-refractivity contribution in [3.8, 4) is 0 Å². The van der Waals surface area contributed by atoms with E-state index in [2.05, 4.69) is 0 Å². The highest BCUT2D eigenvalue weighted by molar-refractivity contribution is 7.85. The minimum atomic E-state index is -1.52. The molecule has 0 aromatic heterocycles. The van der Waals surface area contributed by atoms with Gasteiger partial charge in [0, 0.05) is 4.90 Å². The molecule has 3 nitrogen and oxygen atoms in total. The maximum atomic E-state index is 11.9. The van der Waals surface area contributed by atoms with Crippen molar-refractivity contribution in [3.05, 3.63) is 28.8 Å². The zero-order chi connectivity index (χ0) is 11.4. The minimum absolute atomic E-state index is 0.0727. The van der Waals surface area contributed by atoms with Gasteiger partial charge >= 0.3 is 5.97 Å². The lowest BCUT2D eigenvalue weighted by molar-refractivity contribution is 0.0697. The van der Waals surface area contributed by atoms with Gasteiger partial charge in [-0.3, -0.25) is 8.60 Å². The summed E-state index contributed by atoms with van der Waals surface area (Å²) in [5.74, 6) is -1.33. The molecule has 1 N–H and O–H groups in total. The molecule has 0 amide bonds. The highest BCUT2D eigenvalue weighted by atomic mass is 35.5. The van der Waals surface area contributed by atoms with Crippen LogP contribution < -0.4 is 0 Å². The van der Waals surface area contributed by atoms with E-state index >= 15 is 0 Å². The molecule has 1 rings (SSSR count). The van der Waals surface area contributed by atoms with Crippen LogP contribution >= 0.6 is 11.6 Å². The van der Waals surface area contributed by atoms with Crippen molar-refractivity contribution in [2.75, 3.05) is 12.4 Å². The molecule has 0 fully saturated rings. The average Bonchev–Trinajstić information content (AvgIpc) is 2.18. The lowest BCUT2D eigenvalue weighted by Gasteiger charge is -2.03. The summed E-state index contributed by atoms with van der Waals surface area (Å²) in [6, 6.07) is 3.98. The lowest BCUT2D eigenvalue weighted by atomic mass is 10.2. The van der Waals surface area contributed by atoms with E-state index in [0.717, 1.165) is 0 Å². The molecular weight excluding hydrogens is 243 g/mol. The Morgan fingerprint density at radius 2 is 2.20 bits per heavy atom. The monoisotopic (exact) mass is 250 g/mol. The molecule has 1 atom stereocenters. The maximum absolute atomic E-state index is 11.9. The summed E-state index contributed by atoms with van der Waals surface area (Å²) < 4.78 is 23.3. The van der Waals surface area contributed by atoms with Gasteiger partial charge < -0.3 is 5.11 Å². The number of carboxylic acid groups (broad SMARTS) is 1. The van der Waals surface area contributed by atoms with E-state index in [9.17, 15) is 13.4 Å². The summed E-state index contributed by atoms with van der Waals surface area (Å²) in [5, 5.41) is 8.82. The molecule has 0 saturated heterocycles. The van der Waals surface area contributed by atoms with Crippen LogP contribution in [0, 0.1) is 0 Å². The molecular formula is C9H8ClFO3S. The second-order valence-corrected chi connectivity index (χ2v) is 4.66. The molecule has 15 heavy (non-hydrogen) atoms. The Labute approximate surface area is 93.3 Å². The quantitative estimate of drug-likeness (QED) is 0.891. The number of halogens is 2. The highest BCUT2D eigenvalue weighted by Gasteiger charge is 2.12. The van der Waals surface area contributed by atoms with E-state index < -0.39 is 23.4 Å². The van der Waals surface area contributed by atoms with E-state index in [1.54, 1.807) is 0 Å². The molecule has 0 aliphatic carbocycles. The van der Waals surface area contributed by atoms with Gasteiger partial charge in [-0.05, 0) is 18.2 Å². The molecule has 0 heterocycles. The average molecular weight is 251 g/mol. The van der Waals surface area contributed by atoms with Crippen LogP contribution in [0.4, 0.5) is 4.39 Å². The van der Waals surface area contributed by atoms with Gasteiger partial charge in [-0.15, -0.1) is 0 Å². The summed E-state index contributed by atoms with van der Waals surface area (Å²) in [6.45, 7) is -0.711. The molecule has 0 aliphatic heterocycles. The summed E-state index contributed by atoms with van der Waals surface area (Å²) in [4.78, 5) is 11.0. The molecule has 0 saturated carbocycles. The fourth-order valence-corrected chi connectivity index (χ4v) is 2.04. The van der Waals surface area contributed by atoms with Gasteiger partial charge in [0.2, 0.25) is 0 Å². The van der Waals surface area contributed by atoms with E-state index in [1.165, 1.54) is 18.2 Å². The first-order valence-corrected chi connectivity index (χ1v) is 5.73. The van der Waals surface area contributed by atoms with Crippen LogP contribution in [0.1, 0.15) is 10.4 Å². The third kappa shape index (κ3) is 3.00. The Bertz CT molecular complexity index is 408. The van der Waals surface area contributed by atoms with Crippen molar-refractivity contribution in [2.45, 2.75) is 4.90 Å².